The Labute approximate surface area is 95.2 Å². The van der Waals surface area contributed by atoms with Gasteiger partial charge in [-0.2, -0.15) is 0 Å². The standard InChI is InChI=1S/C10H21BrN2O/c1-3-13-5-4-12(7-9(13)2)8-10(14)6-11/h9-10,14H,3-8H2,1-2H3. The van der Waals surface area contributed by atoms with Crippen LogP contribution < -0.4 is 0 Å². The Morgan fingerprint density at radius 3 is 2.71 bits per heavy atom. The van der Waals surface area contributed by atoms with E-state index in [-0.39, 0.29) is 6.10 Å². The predicted octanol–water partition coefficient (Wildman–Crippen LogP) is 0.768. The maximum Gasteiger partial charge on any atom is 0.0763 e. The first-order chi connectivity index (χ1) is 6.67. The molecule has 4 heteroatoms. The summed E-state index contributed by atoms with van der Waals surface area (Å²) in [6.07, 6.45) is -0.227. The van der Waals surface area contributed by atoms with Gasteiger partial charge in [0, 0.05) is 37.6 Å². The molecule has 1 heterocycles. The maximum atomic E-state index is 9.52. The molecule has 1 saturated heterocycles. The molecule has 0 radical (unpaired) electrons. The zero-order chi connectivity index (χ0) is 10.6. The summed E-state index contributed by atoms with van der Waals surface area (Å²) in [6, 6.07) is 0.622. The molecule has 1 aliphatic rings. The van der Waals surface area contributed by atoms with Crippen LogP contribution in [0.2, 0.25) is 0 Å². The summed E-state index contributed by atoms with van der Waals surface area (Å²) >= 11 is 3.30. The summed E-state index contributed by atoms with van der Waals surface area (Å²) in [5.74, 6) is 0. The molecule has 0 aromatic carbocycles. The summed E-state index contributed by atoms with van der Waals surface area (Å²) in [6.45, 7) is 9.70. The van der Waals surface area contributed by atoms with Crippen molar-refractivity contribution in [1.29, 1.82) is 0 Å². The Kier molecular flexibility index (Phi) is 5.38. The number of hydrogen-bond acceptors (Lipinski definition) is 3. The van der Waals surface area contributed by atoms with Crippen molar-refractivity contribution >= 4 is 15.9 Å². The molecule has 2 unspecified atom stereocenters. The van der Waals surface area contributed by atoms with Crippen molar-refractivity contribution in [3.05, 3.63) is 0 Å². The van der Waals surface area contributed by atoms with Crippen LogP contribution in [-0.4, -0.2) is 65.1 Å². The Morgan fingerprint density at radius 1 is 1.50 bits per heavy atom. The van der Waals surface area contributed by atoms with Gasteiger partial charge in [0.05, 0.1) is 6.10 Å². The number of likely N-dealkylation sites (N-methyl/N-ethyl adjacent to an activating group) is 1. The van der Waals surface area contributed by atoms with E-state index in [1.165, 1.54) is 0 Å². The molecule has 0 amide bonds. The Bertz CT molecular complexity index is 168. The third-order valence-corrected chi connectivity index (χ3v) is 3.65. The predicted molar refractivity (Wildman–Crippen MR) is 62.9 cm³/mol. The Balaban J connectivity index is 2.31. The lowest BCUT2D eigenvalue weighted by Gasteiger charge is -2.39. The fourth-order valence-corrected chi connectivity index (χ4v) is 2.26. The van der Waals surface area contributed by atoms with Gasteiger partial charge in [0.2, 0.25) is 0 Å². The maximum absolute atomic E-state index is 9.52. The molecule has 2 atom stereocenters. The Morgan fingerprint density at radius 2 is 2.21 bits per heavy atom. The van der Waals surface area contributed by atoms with E-state index in [1.807, 2.05) is 0 Å². The second-order valence-corrected chi connectivity index (χ2v) is 4.69. The number of rotatable bonds is 4. The molecular formula is C10H21BrN2O. The first-order valence-corrected chi connectivity index (χ1v) is 6.50. The average Bonchev–Trinajstić information content (AvgIpc) is 2.18. The van der Waals surface area contributed by atoms with E-state index >= 15 is 0 Å². The van der Waals surface area contributed by atoms with Crippen LogP contribution >= 0.6 is 15.9 Å². The number of aliphatic hydroxyl groups excluding tert-OH is 1. The molecule has 0 saturated carbocycles. The van der Waals surface area contributed by atoms with Crippen LogP contribution in [0.4, 0.5) is 0 Å². The third-order valence-electron chi connectivity index (χ3n) is 2.90. The van der Waals surface area contributed by atoms with E-state index in [9.17, 15) is 5.11 Å². The average molecular weight is 265 g/mol. The Hall–Kier alpha value is 0.360. The minimum atomic E-state index is -0.227. The zero-order valence-corrected chi connectivity index (χ0v) is 10.7. The van der Waals surface area contributed by atoms with Crippen LogP contribution in [-0.2, 0) is 0 Å². The van der Waals surface area contributed by atoms with E-state index in [4.69, 9.17) is 0 Å². The lowest BCUT2D eigenvalue weighted by atomic mass is 10.2. The van der Waals surface area contributed by atoms with E-state index in [0.717, 1.165) is 32.7 Å². The second-order valence-electron chi connectivity index (χ2n) is 4.05. The fraction of sp³-hybridized carbons (Fsp3) is 1.00. The molecular weight excluding hydrogens is 244 g/mol. The summed E-state index contributed by atoms with van der Waals surface area (Å²) in [4.78, 5) is 4.83. The number of alkyl halides is 1. The van der Waals surface area contributed by atoms with Crippen LogP contribution in [0.3, 0.4) is 0 Å². The number of β-amino-alcohol motifs (C(OH)–C–C–N with tert-alkyl or cyclic N) is 1. The molecule has 0 aromatic heterocycles. The quantitative estimate of drug-likeness (QED) is 0.761. The van der Waals surface area contributed by atoms with Crippen molar-refractivity contribution in [3.8, 4) is 0 Å². The largest absolute Gasteiger partial charge is 0.391 e. The topological polar surface area (TPSA) is 26.7 Å². The van der Waals surface area contributed by atoms with Crippen LogP contribution in [0.1, 0.15) is 13.8 Å². The van der Waals surface area contributed by atoms with Crippen molar-refractivity contribution in [2.24, 2.45) is 0 Å². The summed E-state index contributed by atoms with van der Waals surface area (Å²) in [5, 5.41) is 10.2. The minimum absolute atomic E-state index is 0.227. The molecule has 84 valence electrons. The molecule has 1 fully saturated rings. The van der Waals surface area contributed by atoms with Gasteiger partial charge >= 0.3 is 0 Å². The highest BCUT2D eigenvalue weighted by Crippen LogP contribution is 2.09. The van der Waals surface area contributed by atoms with Gasteiger partial charge in [-0.15, -0.1) is 0 Å². The van der Waals surface area contributed by atoms with Gasteiger partial charge in [-0.1, -0.05) is 22.9 Å². The van der Waals surface area contributed by atoms with Crippen molar-refractivity contribution in [2.75, 3.05) is 38.1 Å². The van der Waals surface area contributed by atoms with E-state index in [2.05, 4.69) is 39.6 Å². The highest BCUT2D eigenvalue weighted by atomic mass is 79.9. The first-order valence-electron chi connectivity index (χ1n) is 5.37. The van der Waals surface area contributed by atoms with Gasteiger partial charge in [0.15, 0.2) is 0 Å². The van der Waals surface area contributed by atoms with Gasteiger partial charge in [-0.05, 0) is 13.5 Å². The summed E-state index contributed by atoms with van der Waals surface area (Å²) in [7, 11) is 0. The third kappa shape index (κ3) is 3.50. The fourth-order valence-electron chi connectivity index (χ4n) is 2.05. The van der Waals surface area contributed by atoms with Crippen LogP contribution in [0.25, 0.3) is 0 Å². The first kappa shape index (κ1) is 12.4. The van der Waals surface area contributed by atoms with Gasteiger partial charge in [0.25, 0.3) is 0 Å². The molecule has 3 nitrogen and oxygen atoms in total. The second kappa shape index (κ2) is 6.05. The number of piperazine rings is 1. The smallest absolute Gasteiger partial charge is 0.0763 e. The lowest BCUT2D eigenvalue weighted by molar-refractivity contribution is 0.0555. The molecule has 1 N–H and O–H groups in total. The highest BCUT2D eigenvalue weighted by Gasteiger charge is 2.23. The van der Waals surface area contributed by atoms with Gasteiger partial charge in [-0.25, -0.2) is 0 Å². The van der Waals surface area contributed by atoms with Crippen LogP contribution in [0.5, 0.6) is 0 Å². The molecule has 1 rings (SSSR count). The molecule has 0 bridgehead atoms. The lowest BCUT2D eigenvalue weighted by Crippen LogP contribution is -2.53. The molecule has 14 heavy (non-hydrogen) atoms. The molecule has 1 aliphatic heterocycles. The van der Waals surface area contributed by atoms with Crippen molar-refractivity contribution in [1.82, 2.24) is 9.80 Å². The highest BCUT2D eigenvalue weighted by molar-refractivity contribution is 9.09. The number of aliphatic hydroxyl groups is 1. The monoisotopic (exact) mass is 264 g/mol. The normalized spacial score (nSPS) is 27.9. The minimum Gasteiger partial charge on any atom is -0.391 e. The van der Waals surface area contributed by atoms with Gasteiger partial charge in [-0.3, -0.25) is 9.80 Å². The van der Waals surface area contributed by atoms with Crippen molar-refractivity contribution < 1.29 is 5.11 Å². The molecule has 0 aliphatic carbocycles. The molecule has 0 spiro atoms. The van der Waals surface area contributed by atoms with Gasteiger partial charge < -0.3 is 5.11 Å². The number of hydrogen-bond donors (Lipinski definition) is 1. The van der Waals surface area contributed by atoms with E-state index in [1.54, 1.807) is 0 Å². The van der Waals surface area contributed by atoms with Crippen LogP contribution in [0, 0.1) is 0 Å². The zero-order valence-electron chi connectivity index (χ0n) is 9.12. The van der Waals surface area contributed by atoms with Crippen molar-refractivity contribution in [3.63, 3.8) is 0 Å². The van der Waals surface area contributed by atoms with E-state index in [0.29, 0.717) is 11.4 Å². The summed E-state index contributed by atoms with van der Waals surface area (Å²) < 4.78 is 0. The van der Waals surface area contributed by atoms with Crippen LogP contribution in [0.15, 0.2) is 0 Å². The summed E-state index contributed by atoms with van der Waals surface area (Å²) in [5.41, 5.74) is 0. The number of halogens is 1. The van der Waals surface area contributed by atoms with Crippen molar-refractivity contribution in [2.45, 2.75) is 26.0 Å². The number of nitrogens with zero attached hydrogens (tertiary/aromatic N) is 2. The van der Waals surface area contributed by atoms with E-state index < -0.39 is 0 Å². The van der Waals surface area contributed by atoms with Gasteiger partial charge in [0.1, 0.15) is 0 Å². The SMILES string of the molecule is CCN1CCN(CC(O)CBr)CC1C. The molecule has 0 aromatic rings.